The number of aromatic nitrogens is 4. The zero-order chi connectivity index (χ0) is 31.6. The van der Waals surface area contributed by atoms with Crippen LogP contribution in [0.25, 0.3) is 0 Å². The van der Waals surface area contributed by atoms with E-state index in [-0.39, 0.29) is 45.5 Å². The van der Waals surface area contributed by atoms with Crippen molar-refractivity contribution in [3.8, 4) is 0 Å². The Morgan fingerprint density at radius 1 is 1.07 bits per heavy atom. The van der Waals surface area contributed by atoms with E-state index in [1.165, 1.54) is 18.2 Å². The first kappa shape index (κ1) is 31.4. The van der Waals surface area contributed by atoms with Crippen molar-refractivity contribution in [3.63, 3.8) is 0 Å². The van der Waals surface area contributed by atoms with Crippen LogP contribution in [-0.4, -0.2) is 87.0 Å². The number of halogens is 6. The number of benzene rings is 1. The maximum atomic E-state index is 13.3. The number of anilines is 1. The van der Waals surface area contributed by atoms with Crippen LogP contribution in [0, 0.1) is 5.92 Å². The molecule has 2 aromatic heterocycles. The first-order valence-corrected chi connectivity index (χ1v) is 14.2. The summed E-state index contributed by atoms with van der Waals surface area (Å²) in [5, 5.41) is 10.5. The zero-order valence-electron chi connectivity index (χ0n) is 23.1. The summed E-state index contributed by atoms with van der Waals surface area (Å²) in [6.45, 7) is 3.18. The van der Waals surface area contributed by atoms with E-state index in [2.05, 4.69) is 25.7 Å². The van der Waals surface area contributed by atoms with E-state index in [4.69, 9.17) is 11.6 Å². The van der Waals surface area contributed by atoms with Crippen molar-refractivity contribution in [2.45, 2.75) is 31.9 Å². The Morgan fingerprint density at radius 3 is 2.39 bits per heavy atom. The Hall–Kier alpha value is -4.05. The van der Waals surface area contributed by atoms with Crippen molar-refractivity contribution < 1.29 is 36.3 Å². The highest BCUT2D eigenvalue weighted by Crippen LogP contribution is 2.35. The van der Waals surface area contributed by atoms with Gasteiger partial charge in [-0.1, -0.05) is 11.6 Å². The van der Waals surface area contributed by atoms with Gasteiger partial charge in [-0.2, -0.15) is 18.3 Å². The van der Waals surface area contributed by atoms with Crippen molar-refractivity contribution in [3.05, 3.63) is 63.5 Å². The minimum absolute atomic E-state index is 0.000461. The largest absolute Gasteiger partial charge is 0.435 e. The average Bonchev–Trinajstić information content (AvgIpc) is 3.65. The molecule has 1 aromatic carbocycles. The fraction of sp³-hybridized carbons (Fsp3) is 0.444. The summed E-state index contributed by atoms with van der Waals surface area (Å²) in [5.74, 6) is -1.27. The van der Waals surface area contributed by atoms with Gasteiger partial charge in [0.2, 0.25) is 5.91 Å². The molecule has 17 heteroatoms. The van der Waals surface area contributed by atoms with E-state index in [0.29, 0.717) is 26.2 Å². The second kappa shape index (κ2) is 12.9. The van der Waals surface area contributed by atoms with Gasteiger partial charge in [-0.25, -0.2) is 13.8 Å². The van der Waals surface area contributed by atoms with Crippen molar-refractivity contribution in [1.29, 1.82) is 0 Å². The number of piperazine rings is 1. The number of nitrogens with zero attached hydrogens (tertiary/aromatic N) is 4. The molecular formula is C27H28ClF5N8O3. The number of aromatic amines is 2. The van der Waals surface area contributed by atoms with Crippen LogP contribution in [-0.2, 0) is 17.4 Å². The third-order valence-electron chi connectivity index (χ3n) is 7.62. The van der Waals surface area contributed by atoms with Crippen LogP contribution in [0.5, 0.6) is 0 Å². The number of H-pyrrole nitrogens is 2. The molecule has 2 fully saturated rings. The first-order valence-electron chi connectivity index (χ1n) is 13.8. The number of rotatable bonds is 7. The SMILES string of the molecule is O=C(Nc1ccc(C(=O)N2CCN(C(=O)C3CCNCC3)CC2)c(Cl)c1)c1ncc(Cc2c(C(F)(F)F)n[nH]c2C(F)F)[nH]1. The normalized spacial score (nSPS) is 16.4. The zero-order valence-corrected chi connectivity index (χ0v) is 23.9. The number of amides is 3. The molecule has 0 unspecified atom stereocenters. The summed E-state index contributed by atoms with van der Waals surface area (Å²) in [6, 6.07) is 4.26. The van der Waals surface area contributed by atoms with Gasteiger partial charge in [0.25, 0.3) is 18.2 Å². The summed E-state index contributed by atoms with van der Waals surface area (Å²) < 4.78 is 66.3. The average molecular weight is 643 g/mol. The van der Waals surface area contributed by atoms with Crippen molar-refractivity contribution in [1.82, 2.24) is 35.3 Å². The van der Waals surface area contributed by atoms with Crippen molar-refractivity contribution in [2.75, 3.05) is 44.6 Å². The fourth-order valence-electron chi connectivity index (χ4n) is 5.31. The number of piperidine rings is 1. The van der Waals surface area contributed by atoms with Gasteiger partial charge in [-0.15, -0.1) is 0 Å². The van der Waals surface area contributed by atoms with Gasteiger partial charge < -0.3 is 25.4 Å². The molecule has 0 aliphatic carbocycles. The molecule has 236 valence electrons. The van der Waals surface area contributed by atoms with Crippen LogP contribution in [0.2, 0.25) is 5.02 Å². The van der Waals surface area contributed by atoms with E-state index in [0.717, 1.165) is 32.1 Å². The predicted octanol–water partition coefficient (Wildman–Crippen LogP) is 3.87. The maximum absolute atomic E-state index is 13.3. The molecule has 3 amide bonds. The van der Waals surface area contributed by atoms with Crippen LogP contribution >= 0.6 is 11.6 Å². The summed E-state index contributed by atoms with van der Waals surface area (Å²) in [5.41, 5.74) is -2.83. The molecule has 2 aliphatic heterocycles. The molecule has 4 heterocycles. The number of hydrogen-bond acceptors (Lipinski definition) is 6. The van der Waals surface area contributed by atoms with Gasteiger partial charge in [0.1, 0.15) is 5.69 Å². The minimum atomic E-state index is -4.97. The van der Waals surface area contributed by atoms with E-state index >= 15 is 0 Å². The molecule has 2 saturated heterocycles. The molecule has 44 heavy (non-hydrogen) atoms. The lowest BCUT2D eigenvalue weighted by Crippen LogP contribution is -2.52. The van der Waals surface area contributed by atoms with Crippen molar-refractivity contribution >= 4 is 35.0 Å². The summed E-state index contributed by atoms with van der Waals surface area (Å²) in [4.78, 5) is 48.5. The van der Waals surface area contributed by atoms with Crippen LogP contribution in [0.15, 0.2) is 24.4 Å². The van der Waals surface area contributed by atoms with E-state index < -0.39 is 41.9 Å². The van der Waals surface area contributed by atoms with Crippen LogP contribution < -0.4 is 10.6 Å². The highest BCUT2D eigenvalue weighted by atomic mass is 35.5. The summed E-state index contributed by atoms with van der Waals surface area (Å²) in [6.07, 6.45) is -6.16. The smallest absolute Gasteiger partial charge is 0.339 e. The molecule has 0 bridgehead atoms. The quantitative estimate of drug-likeness (QED) is 0.289. The minimum Gasteiger partial charge on any atom is -0.339 e. The molecular weight excluding hydrogens is 615 g/mol. The first-order chi connectivity index (χ1) is 20.9. The lowest BCUT2D eigenvalue weighted by molar-refractivity contribution is -0.141. The number of hydrogen-bond donors (Lipinski definition) is 4. The second-order valence-corrected chi connectivity index (χ2v) is 10.9. The highest BCUT2D eigenvalue weighted by Gasteiger charge is 2.39. The van der Waals surface area contributed by atoms with E-state index in [1.807, 2.05) is 0 Å². The molecule has 0 spiro atoms. The topological polar surface area (TPSA) is 139 Å². The summed E-state index contributed by atoms with van der Waals surface area (Å²) >= 11 is 6.37. The number of alkyl halides is 5. The van der Waals surface area contributed by atoms with Gasteiger partial charge in [0.05, 0.1) is 10.6 Å². The Kier molecular flexibility index (Phi) is 9.20. The molecule has 2 aliphatic rings. The van der Waals surface area contributed by atoms with Gasteiger partial charge in [-0.3, -0.25) is 19.5 Å². The van der Waals surface area contributed by atoms with E-state index in [1.54, 1.807) is 14.9 Å². The number of nitrogens with one attached hydrogen (secondary N) is 4. The Bertz CT molecular complexity index is 1530. The number of imidazole rings is 1. The van der Waals surface area contributed by atoms with Crippen LogP contribution in [0.3, 0.4) is 0 Å². The summed E-state index contributed by atoms with van der Waals surface area (Å²) in [7, 11) is 0. The van der Waals surface area contributed by atoms with Gasteiger partial charge in [0, 0.05) is 61.7 Å². The van der Waals surface area contributed by atoms with Gasteiger partial charge >= 0.3 is 6.18 Å². The number of carbonyl (C=O) groups excluding carboxylic acids is 3. The monoisotopic (exact) mass is 642 g/mol. The Morgan fingerprint density at radius 2 is 1.75 bits per heavy atom. The third-order valence-corrected chi connectivity index (χ3v) is 7.93. The van der Waals surface area contributed by atoms with Crippen LogP contribution in [0.1, 0.15) is 62.9 Å². The standard InChI is InChI=1S/C27H28ClF5N8O3/c28-19-12-15(1-2-17(19)26(44)41-9-7-40(8-10-41)25(43)14-3-5-34-6-4-14)37-24(42)23-35-13-16(36-23)11-18-20(22(29)30)38-39-21(18)27(31,32)33/h1-2,12-14,22,34H,3-11H2,(H,35,36)(H,37,42)(H,38,39). The van der Waals surface area contributed by atoms with Gasteiger partial charge in [0.15, 0.2) is 11.5 Å². The molecule has 4 N–H and O–H groups in total. The molecule has 3 aromatic rings. The maximum Gasteiger partial charge on any atom is 0.435 e. The lowest BCUT2D eigenvalue weighted by atomic mass is 9.96. The lowest BCUT2D eigenvalue weighted by Gasteiger charge is -2.37. The second-order valence-electron chi connectivity index (χ2n) is 10.5. The fourth-order valence-corrected chi connectivity index (χ4v) is 5.57. The van der Waals surface area contributed by atoms with Gasteiger partial charge in [-0.05, 0) is 44.1 Å². The predicted molar refractivity (Wildman–Crippen MR) is 147 cm³/mol. The van der Waals surface area contributed by atoms with E-state index in [9.17, 15) is 36.3 Å². The molecule has 0 radical (unpaired) electrons. The molecule has 5 rings (SSSR count). The number of carbonyl (C=O) groups is 3. The molecule has 11 nitrogen and oxygen atoms in total. The Balaban J connectivity index is 1.19. The van der Waals surface area contributed by atoms with Crippen molar-refractivity contribution in [2.24, 2.45) is 5.92 Å². The Labute approximate surface area is 252 Å². The highest BCUT2D eigenvalue weighted by molar-refractivity contribution is 6.34. The van der Waals surface area contributed by atoms with Crippen LogP contribution in [0.4, 0.5) is 27.6 Å². The molecule has 0 saturated carbocycles. The third kappa shape index (κ3) is 6.85. The molecule has 0 atom stereocenters.